The van der Waals surface area contributed by atoms with Gasteiger partial charge < -0.3 is 10.0 Å². The molecule has 3 heterocycles. The molecule has 0 spiro atoms. The first kappa shape index (κ1) is 17.6. The first-order valence-electron chi connectivity index (χ1n) is 7.92. The van der Waals surface area contributed by atoms with Crippen molar-refractivity contribution >= 4 is 17.3 Å². The third-order valence-corrected chi connectivity index (χ3v) is 4.09. The molecule has 8 heteroatoms. The molecule has 1 aliphatic heterocycles. The van der Waals surface area contributed by atoms with Crippen molar-refractivity contribution in [2.45, 2.75) is 31.9 Å². The van der Waals surface area contributed by atoms with Crippen molar-refractivity contribution in [3.05, 3.63) is 40.9 Å². The number of β-amino-alcohol motifs (C(OH)–C–C–N with tert-alkyl or cyclic N) is 1. The van der Waals surface area contributed by atoms with Crippen molar-refractivity contribution in [1.29, 1.82) is 0 Å². The first-order chi connectivity index (χ1) is 12.0. The number of halogens is 3. The van der Waals surface area contributed by atoms with Crippen LogP contribution < -0.4 is 4.90 Å². The molecule has 0 unspecified atom stereocenters. The summed E-state index contributed by atoms with van der Waals surface area (Å²) in [5.41, 5.74) is 2.02. The van der Waals surface area contributed by atoms with Crippen LogP contribution in [0.1, 0.15) is 24.0 Å². The smallest absolute Gasteiger partial charge is 0.257 e. The maximum Gasteiger partial charge on any atom is 0.257 e. The van der Waals surface area contributed by atoms with E-state index in [2.05, 4.69) is 21.9 Å². The summed E-state index contributed by atoms with van der Waals surface area (Å²) in [6, 6.07) is 1.73. The van der Waals surface area contributed by atoms with Gasteiger partial charge in [0.1, 0.15) is 11.7 Å². The van der Waals surface area contributed by atoms with Crippen LogP contribution in [0.25, 0.3) is 0 Å². The molecule has 1 fully saturated rings. The van der Waals surface area contributed by atoms with E-state index in [1.165, 1.54) is 12.4 Å². The third-order valence-electron chi connectivity index (χ3n) is 3.89. The number of nitrogens with zero attached hydrogens (tertiary/aromatic N) is 4. The Kier molecular flexibility index (Phi) is 5.51. The number of rotatable bonds is 3. The summed E-state index contributed by atoms with van der Waals surface area (Å²) in [7, 11) is 0. The Morgan fingerprint density at radius 1 is 1.36 bits per heavy atom. The van der Waals surface area contributed by atoms with E-state index in [9.17, 15) is 13.9 Å². The van der Waals surface area contributed by atoms with Crippen LogP contribution in [-0.2, 0) is 6.54 Å². The van der Waals surface area contributed by atoms with Crippen molar-refractivity contribution in [1.82, 2.24) is 14.8 Å². The summed E-state index contributed by atoms with van der Waals surface area (Å²) in [6.07, 6.45) is 3.33. The minimum Gasteiger partial charge on any atom is -0.391 e. The van der Waals surface area contributed by atoms with E-state index < -0.39 is 13.0 Å². The molecule has 0 aromatic carbocycles. The molecule has 1 atom stereocenters. The van der Waals surface area contributed by atoms with Crippen LogP contribution in [-0.4, -0.2) is 45.5 Å². The van der Waals surface area contributed by atoms with E-state index in [0.29, 0.717) is 22.8 Å². The molecule has 2 aromatic rings. The summed E-state index contributed by atoms with van der Waals surface area (Å²) in [5, 5.41) is 14.1. The molecule has 1 saturated heterocycles. The number of aliphatic hydroxyl groups excluding tert-OH is 1. The molecule has 0 saturated carbocycles. The molecular weight excluding hydrogens is 350 g/mol. The average molecular weight is 367 g/mol. The minimum absolute atomic E-state index is 0.352. The summed E-state index contributed by atoms with van der Waals surface area (Å²) in [5.74, 6) is 5.91. The Balaban J connectivity index is 1.84. The second kappa shape index (κ2) is 7.81. The van der Waals surface area contributed by atoms with Gasteiger partial charge in [0, 0.05) is 31.5 Å². The second-order valence-corrected chi connectivity index (χ2v) is 6.25. The number of pyridine rings is 1. The lowest BCUT2D eigenvalue weighted by Crippen LogP contribution is -2.38. The van der Waals surface area contributed by atoms with E-state index >= 15 is 0 Å². The van der Waals surface area contributed by atoms with Crippen molar-refractivity contribution in [2.24, 2.45) is 0 Å². The molecule has 5 nitrogen and oxygen atoms in total. The molecular formula is C17H17ClF2N4O. The van der Waals surface area contributed by atoms with Gasteiger partial charge >= 0.3 is 0 Å². The minimum atomic E-state index is -2.46. The Morgan fingerprint density at radius 2 is 2.20 bits per heavy atom. The van der Waals surface area contributed by atoms with Gasteiger partial charge in [0.2, 0.25) is 0 Å². The molecule has 0 amide bonds. The van der Waals surface area contributed by atoms with Crippen molar-refractivity contribution in [3.63, 3.8) is 0 Å². The molecule has 132 valence electrons. The zero-order valence-corrected chi connectivity index (χ0v) is 14.1. The Bertz CT molecular complexity index is 799. The van der Waals surface area contributed by atoms with E-state index in [1.54, 1.807) is 12.3 Å². The van der Waals surface area contributed by atoms with Gasteiger partial charge in [0.25, 0.3) is 6.43 Å². The largest absolute Gasteiger partial charge is 0.391 e. The van der Waals surface area contributed by atoms with E-state index in [-0.39, 0.29) is 6.10 Å². The predicted octanol–water partition coefficient (Wildman–Crippen LogP) is 2.56. The van der Waals surface area contributed by atoms with Gasteiger partial charge in [-0.05, 0) is 12.8 Å². The van der Waals surface area contributed by atoms with Gasteiger partial charge in [0.15, 0.2) is 0 Å². The number of alkyl halides is 2. The van der Waals surface area contributed by atoms with Crippen LogP contribution in [0.2, 0.25) is 5.15 Å². The molecule has 2 aromatic heterocycles. The van der Waals surface area contributed by atoms with Gasteiger partial charge in [-0.25, -0.2) is 13.8 Å². The first-order valence-corrected chi connectivity index (χ1v) is 8.30. The van der Waals surface area contributed by atoms with Gasteiger partial charge in [-0.1, -0.05) is 23.4 Å². The Labute approximate surface area is 149 Å². The summed E-state index contributed by atoms with van der Waals surface area (Å²) in [6.45, 7) is 0.862. The van der Waals surface area contributed by atoms with E-state index in [4.69, 9.17) is 11.6 Å². The van der Waals surface area contributed by atoms with Crippen LogP contribution in [0, 0.1) is 11.8 Å². The number of piperidine rings is 1. The topological polar surface area (TPSA) is 54.2 Å². The average Bonchev–Trinajstić information content (AvgIpc) is 3.00. The zero-order chi connectivity index (χ0) is 17.8. The van der Waals surface area contributed by atoms with Crippen molar-refractivity contribution in [3.8, 4) is 11.8 Å². The second-order valence-electron chi connectivity index (χ2n) is 5.86. The fourth-order valence-electron chi connectivity index (χ4n) is 2.76. The number of hydrogen-bond donors (Lipinski definition) is 1. The van der Waals surface area contributed by atoms with Crippen molar-refractivity contribution < 1.29 is 13.9 Å². The van der Waals surface area contributed by atoms with E-state index in [1.807, 2.05) is 4.90 Å². The number of anilines is 1. The predicted molar refractivity (Wildman–Crippen MR) is 90.9 cm³/mol. The van der Waals surface area contributed by atoms with Gasteiger partial charge in [-0.2, -0.15) is 5.10 Å². The lowest BCUT2D eigenvalue weighted by atomic mass is 10.1. The quantitative estimate of drug-likeness (QED) is 0.670. The van der Waals surface area contributed by atoms with Crippen LogP contribution in [0.15, 0.2) is 24.7 Å². The maximum atomic E-state index is 12.4. The highest BCUT2D eigenvalue weighted by Gasteiger charge is 2.20. The SMILES string of the molecule is O[C@H]1CCCN(c2cc(Cl)ncc2C#Cc2cnn(CC(F)F)c2)C1. The van der Waals surface area contributed by atoms with E-state index in [0.717, 1.165) is 29.8 Å². The Morgan fingerprint density at radius 3 is 2.96 bits per heavy atom. The fourth-order valence-corrected chi connectivity index (χ4v) is 2.91. The van der Waals surface area contributed by atoms with Crippen LogP contribution in [0.3, 0.4) is 0 Å². The third kappa shape index (κ3) is 4.68. The monoisotopic (exact) mass is 366 g/mol. The zero-order valence-electron chi connectivity index (χ0n) is 13.4. The van der Waals surface area contributed by atoms with Gasteiger partial charge in [0.05, 0.1) is 29.1 Å². The summed E-state index contributed by atoms with van der Waals surface area (Å²) in [4.78, 5) is 6.10. The molecule has 1 aliphatic rings. The highest BCUT2D eigenvalue weighted by atomic mass is 35.5. The number of aromatic nitrogens is 3. The van der Waals surface area contributed by atoms with Crippen LogP contribution in [0.4, 0.5) is 14.5 Å². The lowest BCUT2D eigenvalue weighted by Gasteiger charge is -2.32. The Hall–Kier alpha value is -2.17. The molecule has 1 N–H and O–H groups in total. The molecule has 0 bridgehead atoms. The highest BCUT2D eigenvalue weighted by Crippen LogP contribution is 2.26. The fraction of sp³-hybridized carbons (Fsp3) is 0.412. The molecule has 3 rings (SSSR count). The summed E-state index contributed by atoms with van der Waals surface area (Å²) < 4.78 is 25.9. The number of aliphatic hydroxyl groups is 1. The van der Waals surface area contributed by atoms with Gasteiger partial charge in [-0.3, -0.25) is 4.68 Å². The molecule has 0 aliphatic carbocycles. The van der Waals surface area contributed by atoms with Crippen molar-refractivity contribution in [2.75, 3.05) is 18.0 Å². The maximum absolute atomic E-state index is 12.4. The summed E-state index contributed by atoms with van der Waals surface area (Å²) >= 11 is 6.01. The standard InChI is InChI=1S/C17H17ClF2N4O/c18-16-6-15(23-5-1-2-14(25)10-23)13(8-21-16)4-3-12-7-22-24(9-12)11-17(19)20/h6-9,14,17,25H,1-2,5,10-11H2/t14-/m0/s1. The van der Waals surface area contributed by atoms with Crippen LogP contribution in [0.5, 0.6) is 0 Å². The number of hydrogen-bond acceptors (Lipinski definition) is 4. The lowest BCUT2D eigenvalue weighted by molar-refractivity contribution is 0.122. The van der Waals surface area contributed by atoms with Gasteiger partial charge in [-0.15, -0.1) is 0 Å². The van der Waals surface area contributed by atoms with Crippen LogP contribution >= 0.6 is 11.6 Å². The molecule has 0 radical (unpaired) electrons. The normalized spacial score (nSPS) is 17.5. The molecule has 25 heavy (non-hydrogen) atoms. The highest BCUT2D eigenvalue weighted by molar-refractivity contribution is 6.29.